The fourth-order valence-corrected chi connectivity index (χ4v) is 3.21. The number of rotatable bonds is 3. The normalized spacial score (nSPS) is 25.8. The summed E-state index contributed by atoms with van der Waals surface area (Å²) in [5, 5.41) is 3.37. The van der Waals surface area contributed by atoms with Crippen molar-refractivity contribution in [2.75, 3.05) is 46.4 Å². The second kappa shape index (κ2) is 6.75. The van der Waals surface area contributed by atoms with Crippen molar-refractivity contribution in [1.82, 2.24) is 15.1 Å². The molecule has 2 rings (SSSR count). The first-order valence-electron chi connectivity index (χ1n) is 7.74. The van der Waals surface area contributed by atoms with Gasteiger partial charge in [0.25, 0.3) is 0 Å². The van der Waals surface area contributed by atoms with Gasteiger partial charge >= 0.3 is 0 Å². The highest BCUT2D eigenvalue weighted by Gasteiger charge is 2.39. The maximum atomic E-state index is 12.7. The highest BCUT2D eigenvalue weighted by atomic mass is 16.5. The number of hydrogen-bond acceptors (Lipinski definition) is 4. The lowest BCUT2D eigenvalue weighted by atomic mass is 9.77. The molecule has 2 amide bonds. The van der Waals surface area contributed by atoms with Gasteiger partial charge in [-0.15, -0.1) is 0 Å². The fraction of sp³-hybridized carbons (Fsp3) is 0.867. The topological polar surface area (TPSA) is 61.9 Å². The molecule has 21 heavy (non-hydrogen) atoms. The van der Waals surface area contributed by atoms with Crippen LogP contribution in [0.4, 0.5) is 0 Å². The highest BCUT2D eigenvalue weighted by molar-refractivity contribution is 5.83. The SMILES string of the molecule is COCC(=O)N1CCN(C(=O)C2NCCCC2(C)C)CC1. The number of hydrogen-bond donors (Lipinski definition) is 1. The van der Waals surface area contributed by atoms with E-state index in [1.807, 2.05) is 4.90 Å². The molecule has 2 aliphatic heterocycles. The first-order valence-corrected chi connectivity index (χ1v) is 7.74. The second-order valence-electron chi connectivity index (χ2n) is 6.62. The van der Waals surface area contributed by atoms with E-state index in [9.17, 15) is 9.59 Å². The van der Waals surface area contributed by atoms with Gasteiger partial charge in [0.1, 0.15) is 6.61 Å². The van der Waals surface area contributed by atoms with E-state index in [1.54, 1.807) is 4.90 Å². The lowest BCUT2D eigenvalue weighted by molar-refractivity contribution is -0.144. The van der Waals surface area contributed by atoms with Crippen molar-refractivity contribution >= 4 is 11.8 Å². The third kappa shape index (κ3) is 3.74. The Kier molecular flexibility index (Phi) is 5.22. The number of methoxy groups -OCH3 is 1. The largest absolute Gasteiger partial charge is 0.375 e. The Balaban J connectivity index is 1.89. The van der Waals surface area contributed by atoms with Gasteiger partial charge in [-0.05, 0) is 24.8 Å². The number of piperidine rings is 1. The molecule has 0 spiro atoms. The molecule has 1 unspecified atom stereocenters. The molecule has 0 aromatic carbocycles. The molecule has 0 aliphatic carbocycles. The number of ether oxygens (including phenoxy) is 1. The zero-order valence-corrected chi connectivity index (χ0v) is 13.4. The van der Waals surface area contributed by atoms with E-state index in [2.05, 4.69) is 19.2 Å². The average molecular weight is 297 g/mol. The number of nitrogens with zero attached hydrogens (tertiary/aromatic N) is 2. The summed E-state index contributed by atoms with van der Waals surface area (Å²) in [4.78, 5) is 28.1. The molecule has 2 aliphatic rings. The highest BCUT2D eigenvalue weighted by Crippen LogP contribution is 2.31. The number of nitrogens with one attached hydrogen (secondary N) is 1. The van der Waals surface area contributed by atoms with Crippen molar-refractivity contribution < 1.29 is 14.3 Å². The van der Waals surface area contributed by atoms with Crippen molar-refractivity contribution in [1.29, 1.82) is 0 Å². The predicted octanol–water partition coefficient (Wildman–Crippen LogP) is 0.0818. The number of piperazine rings is 1. The van der Waals surface area contributed by atoms with E-state index in [0.29, 0.717) is 26.2 Å². The molecule has 0 aromatic heterocycles. The minimum absolute atomic E-state index is 0.000667. The molecule has 0 saturated carbocycles. The van der Waals surface area contributed by atoms with Crippen LogP contribution in [0.15, 0.2) is 0 Å². The fourth-order valence-electron chi connectivity index (χ4n) is 3.21. The van der Waals surface area contributed by atoms with Crippen molar-refractivity contribution in [2.24, 2.45) is 5.41 Å². The van der Waals surface area contributed by atoms with E-state index in [4.69, 9.17) is 4.74 Å². The summed E-state index contributed by atoms with van der Waals surface area (Å²) in [6.45, 7) is 7.75. The number of carbonyl (C=O) groups is 2. The molecular weight excluding hydrogens is 270 g/mol. The lowest BCUT2D eigenvalue weighted by Gasteiger charge is -2.43. The van der Waals surface area contributed by atoms with E-state index in [1.165, 1.54) is 7.11 Å². The third-order valence-electron chi connectivity index (χ3n) is 4.59. The van der Waals surface area contributed by atoms with Crippen molar-refractivity contribution in [2.45, 2.75) is 32.7 Å². The molecule has 6 nitrogen and oxygen atoms in total. The maximum Gasteiger partial charge on any atom is 0.248 e. The zero-order chi connectivity index (χ0) is 15.5. The molecule has 120 valence electrons. The Morgan fingerprint density at radius 3 is 2.38 bits per heavy atom. The molecule has 6 heteroatoms. The maximum absolute atomic E-state index is 12.7. The first kappa shape index (κ1) is 16.2. The minimum Gasteiger partial charge on any atom is -0.375 e. The Labute approximate surface area is 126 Å². The Morgan fingerprint density at radius 2 is 1.81 bits per heavy atom. The smallest absolute Gasteiger partial charge is 0.248 e. The van der Waals surface area contributed by atoms with Gasteiger partial charge in [0.2, 0.25) is 11.8 Å². The van der Waals surface area contributed by atoms with E-state index >= 15 is 0 Å². The molecule has 2 heterocycles. The van der Waals surface area contributed by atoms with Crippen LogP contribution < -0.4 is 5.32 Å². The van der Waals surface area contributed by atoms with E-state index < -0.39 is 0 Å². The lowest BCUT2D eigenvalue weighted by Crippen LogP contribution is -2.60. The average Bonchev–Trinajstić information content (AvgIpc) is 2.46. The van der Waals surface area contributed by atoms with Gasteiger partial charge in [-0.2, -0.15) is 0 Å². The summed E-state index contributed by atoms with van der Waals surface area (Å²) in [5.41, 5.74) is -0.00165. The Morgan fingerprint density at radius 1 is 1.19 bits per heavy atom. The first-order chi connectivity index (χ1) is 9.95. The molecule has 2 saturated heterocycles. The van der Waals surface area contributed by atoms with Crippen molar-refractivity contribution in [3.8, 4) is 0 Å². The predicted molar refractivity (Wildman–Crippen MR) is 79.8 cm³/mol. The van der Waals surface area contributed by atoms with Crippen LogP contribution in [0.2, 0.25) is 0 Å². The van der Waals surface area contributed by atoms with Crippen LogP contribution in [0.3, 0.4) is 0 Å². The van der Waals surface area contributed by atoms with Crippen LogP contribution in [0, 0.1) is 5.41 Å². The minimum atomic E-state index is -0.104. The van der Waals surface area contributed by atoms with Gasteiger partial charge in [0.15, 0.2) is 0 Å². The monoisotopic (exact) mass is 297 g/mol. The molecule has 0 bridgehead atoms. The van der Waals surface area contributed by atoms with Crippen molar-refractivity contribution in [3.63, 3.8) is 0 Å². The summed E-state index contributed by atoms with van der Waals surface area (Å²) < 4.78 is 4.87. The van der Waals surface area contributed by atoms with Gasteiger partial charge in [-0.1, -0.05) is 13.8 Å². The van der Waals surface area contributed by atoms with Gasteiger partial charge in [0, 0.05) is 33.3 Å². The van der Waals surface area contributed by atoms with Crippen LogP contribution in [-0.4, -0.2) is 74.1 Å². The van der Waals surface area contributed by atoms with Crippen LogP contribution in [-0.2, 0) is 14.3 Å². The van der Waals surface area contributed by atoms with Crippen LogP contribution >= 0.6 is 0 Å². The van der Waals surface area contributed by atoms with E-state index in [-0.39, 0.29) is 29.9 Å². The summed E-state index contributed by atoms with van der Waals surface area (Å²) in [6, 6.07) is -0.104. The number of carbonyl (C=O) groups excluding carboxylic acids is 2. The summed E-state index contributed by atoms with van der Waals surface area (Å²) in [6.07, 6.45) is 2.19. The number of amides is 2. The van der Waals surface area contributed by atoms with Gasteiger partial charge in [-0.3, -0.25) is 9.59 Å². The molecular formula is C15H27N3O3. The summed E-state index contributed by atoms with van der Waals surface area (Å²) in [5.74, 6) is 0.180. The van der Waals surface area contributed by atoms with Crippen molar-refractivity contribution in [3.05, 3.63) is 0 Å². The van der Waals surface area contributed by atoms with Crippen LogP contribution in [0.25, 0.3) is 0 Å². The van der Waals surface area contributed by atoms with Crippen LogP contribution in [0.1, 0.15) is 26.7 Å². The second-order valence-corrected chi connectivity index (χ2v) is 6.62. The molecule has 1 atom stereocenters. The van der Waals surface area contributed by atoms with Gasteiger partial charge in [0.05, 0.1) is 6.04 Å². The molecule has 0 aromatic rings. The third-order valence-corrected chi connectivity index (χ3v) is 4.59. The molecule has 1 N–H and O–H groups in total. The van der Waals surface area contributed by atoms with Gasteiger partial charge < -0.3 is 19.9 Å². The summed E-state index contributed by atoms with van der Waals surface area (Å²) in [7, 11) is 1.52. The zero-order valence-electron chi connectivity index (χ0n) is 13.4. The Hall–Kier alpha value is -1.14. The van der Waals surface area contributed by atoms with Crippen LogP contribution in [0.5, 0.6) is 0 Å². The Bertz CT molecular complexity index is 390. The summed E-state index contributed by atoms with van der Waals surface area (Å²) >= 11 is 0. The standard InChI is InChI=1S/C15H27N3O3/c1-15(2)5-4-6-16-13(15)14(20)18-9-7-17(8-10-18)12(19)11-21-3/h13,16H,4-11H2,1-3H3. The van der Waals surface area contributed by atoms with E-state index in [0.717, 1.165) is 19.4 Å². The van der Waals surface area contributed by atoms with Gasteiger partial charge in [-0.25, -0.2) is 0 Å². The molecule has 2 fully saturated rings. The molecule has 0 radical (unpaired) electrons. The quantitative estimate of drug-likeness (QED) is 0.801.